The molecule has 120 valence electrons. The summed E-state index contributed by atoms with van der Waals surface area (Å²) < 4.78 is 13.3. The topological polar surface area (TPSA) is 32.3 Å². The van der Waals surface area contributed by atoms with Crippen molar-refractivity contribution in [1.29, 1.82) is 0 Å². The number of anilines is 2. The maximum Gasteiger partial charge on any atom is 0.134 e. The monoisotopic (exact) mass is 312 g/mol. The SMILES string of the molecule is Fc1ccc2c(c1)CCN(c1cc(N3CCCCC3)ncn1)C2. The van der Waals surface area contributed by atoms with Crippen LogP contribution in [-0.4, -0.2) is 29.6 Å². The van der Waals surface area contributed by atoms with Crippen molar-refractivity contribution >= 4 is 11.6 Å². The summed E-state index contributed by atoms with van der Waals surface area (Å²) in [5.41, 5.74) is 2.31. The van der Waals surface area contributed by atoms with Gasteiger partial charge >= 0.3 is 0 Å². The van der Waals surface area contributed by atoms with Gasteiger partial charge in [-0.2, -0.15) is 0 Å². The van der Waals surface area contributed by atoms with Gasteiger partial charge in [0.05, 0.1) is 0 Å². The molecule has 0 atom stereocenters. The van der Waals surface area contributed by atoms with Crippen LogP contribution in [0, 0.1) is 5.82 Å². The number of nitrogens with zero attached hydrogens (tertiary/aromatic N) is 4. The highest BCUT2D eigenvalue weighted by molar-refractivity contribution is 5.52. The standard InChI is InChI=1S/C18H21FN4/c19-16-5-4-15-12-23(9-6-14(15)10-16)18-11-17(20-13-21-18)22-7-2-1-3-8-22/h4-5,10-11,13H,1-3,6-9,12H2. The first kappa shape index (κ1) is 14.4. The second-order valence-corrected chi connectivity index (χ2v) is 6.37. The van der Waals surface area contributed by atoms with Crippen molar-refractivity contribution in [2.45, 2.75) is 32.2 Å². The van der Waals surface area contributed by atoms with Gasteiger partial charge in [-0.3, -0.25) is 0 Å². The maximum atomic E-state index is 13.3. The molecule has 5 heteroatoms. The maximum absolute atomic E-state index is 13.3. The van der Waals surface area contributed by atoms with Crippen LogP contribution in [0.2, 0.25) is 0 Å². The molecule has 3 heterocycles. The van der Waals surface area contributed by atoms with Crippen LogP contribution >= 0.6 is 0 Å². The van der Waals surface area contributed by atoms with Gasteiger partial charge in [-0.15, -0.1) is 0 Å². The molecule has 0 amide bonds. The Morgan fingerprint density at radius 3 is 2.43 bits per heavy atom. The molecule has 2 aromatic rings. The van der Waals surface area contributed by atoms with Gasteiger partial charge in [-0.05, 0) is 48.9 Å². The molecule has 1 saturated heterocycles. The average Bonchev–Trinajstić information content (AvgIpc) is 2.62. The minimum Gasteiger partial charge on any atom is -0.356 e. The first-order valence-corrected chi connectivity index (χ1v) is 8.39. The smallest absolute Gasteiger partial charge is 0.134 e. The van der Waals surface area contributed by atoms with Crippen LogP contribution in [0.4, 0.5) is 16.0 Å². The second-order valence-electron chi connectivity index (χ2n) is 6.37. The van der Waals surface area contributed by atoms with E-state index < -0.39 is 0 Å². The highest BCUT2D eigenvalue weighted by Crippen LogP contribution is 2.26. The van der Waals surface area contributed by atoms with E-state index in [1.807, 2.05) is 6.07 Å². The van der Waals surface area contributed by atoms with E-state index in [4.69, 9.17) is 0 Å². The molecule has 0 unspecified atom stereocenters. The Hall–Kier alpha value is -2.17. The van der Waals surface area contributed by atoms with Gasteiger partial charge in [-0.1, -0.05) is 6.07 Å². The van der Waals surface area contributed by atoms with E-state index >= 15 is 0 Å². The summed E-state index contributed by atoms with van der Waals surface area (Å²) in [6.07, 6.45) is 6.31. The van der Waals surface area contributed by atoms with Gasteiger partial charge in [0, 0.05) is 32.2 Å². The summed E-state index contributed by atoms with van der Waals surface area (Å²) in [5.74, 6) is 1.85. The molecule has 2 aliphatic rings. The normalized spacial score (nSPS) is 18.0. The Kier molecular flexibility index (Phi) is 3.85. The first-order valence-electron chi connectivity index (χ1n) is 8.39. The number of hydrogen-bond acceptors (Lipinski definition) is 4. The zero-order valence-electron chi connectivity index (χ0n) is 13.2. The van der Waals surface area contributed by atoms with E-state index in [1.165, 1.54) is 24.8 Å². The molecule has 1 aromatic heterocycles. The third-order valence-corrected chi connectivity index (χ3v) is 4.82. The molecular weight excluding hydrogens is 291 g/mol. The van der Waals surface area contributed by atoms with Crippen LogP contribution in [0.25, 0.3) is 0 Å². The summed E-state index contributed by atoms with van der Waals surface area (Å²) >= 11 is 0. The number of rotatable bonds is 2. The first-order chi connectivity index (χ1) is 11.3. The van der Waals surface area contributed by atoms with Crippen molar-refractivity contribution in [3.05, 3.63) is 47.5 Å². The Balaban J connectivity index is 1.55. The van der Waals surface area contributed by atoms with Crippen LogP contribution in [-0.2, 0) is 13.0 Å². The fraction of sp³-hybridized carbons (Fsp3) is 0.444. The Labute approximate surface area is 136 Å². The summed E-state index contributed by atoms with van der Waals surface area (Å²) in [6.45, 7) is 3.82. The van der Waals surface area contributed by atoms with E-state index in [0.717, 1.165) is 49.8 Å². The molecule has 0 spiro atoms. The van der Waals surface area contributed by atoms with Crippen LogP contribution in [0.1, 0.15) is 30.4 Å². The zero-order valence-corrected chi connectivity index (χ0v) is 13.2. The van der Waals surface area contributed by atoms with Crippen LogP contribution in [0.3, 0.4) is 0 Å². The molecule has 4 nitrogen and oxygen atoms in total. The van der Waals surface area contributed by atoms with Crippen molar-refractivity contribution in [2.75, 3.05) is 29.4 Å². The predicted molar refractivity (Wildman–Crippen MR) is 89.3 cm³/mol. The van der Waals surface area contributed by atoms with E-state index in [0.29, 0.717) is 0 Å². The van der Waals surface area contributed by atoms with Gasteiger partial charge in [-0.25, -0.2) is 14.4 Å². The fourth-order valence-electron chi connectivity index (χ4n) is 3.52. The minimum absolute atomic E-state index is 0.147. The average molecular weight is 312 g/mol. The summed E-state index contributed by atoms with van der Waals surface area (Å²) in [6, 6.07) is 7.19. The van der Waals surface area contributed by atoms with Crippen LogP contribution < -0.4 is 9.80 Å². The third kappa shape index (κ3) is 3.00. The molecule has 0 aliphatic carbocycles. The van der Waals surface area contributed by atoms with E-state index in [2.05, 4.69) is 25.8 Å². The highest BCUT2D eigenvalue weighted by Gasteiger charge is 2.19. The fourth-order valence-corrected chi connectivity index (χ4v) is 3.52. The summed E-state index contributed by atoms with van der Waals surface area (Å²) in [7, 11) is 0. The number of fused-ring (bicyclic) bond motifs is 1. The molecule has 0 saturated carbocycles. The van der Waals surface area contributed by atoms with Crippen LogP contribution in [0.5, 0.6) is 0 Å². The molecule has 1 fully saturated rings. The van der Waals surface area contributed by atoms with E-state index in [1.54, 1.807) is 18.5 Å². The van der Waals surface area contributed by atoms with Crippen molar-refractivity contribution in [3.63, 3.8) is 0 Å². The molecule has 0 radical (unpaired) electrons. The lowest BCUT2D eigenvalue weighted by Crippen LogP contribution is -2.33. The number of piperidine rings is 1. The number of halogens is 1. The molecule has 0 bridgehead atoms. The lowest BCUT2D eigenvalue weighted by molar-refractivity contribution is 0.572. The molecule has 2 aliphatic heterocycles. The van der Waals surface area contributed by atoms with Gasteiger partial charge < -0.3 is 9.80 Å². The summed E-state index contributed by atoms with van der Waals surface area (Å²) in [4.78, 5) is 13.5. The number of benzene rings is 1. The summed E-state index contributed by atoms with van der Waals surface area (Å²) in [5, 5.41) is 0. The quantitative estimate of drug-likeness (QED) is 0.852. The van der Waals surface area contributed by atoms with Crippen LogP contribution in [0.15, 0.2) is 30.6 Å². The van der Waals surface area contributed by atoms with E-state index in [-0.39, 0.29) is 5.82 Å². The lowest BCUT2D eigenvalue weighted by atomic mass is 10.00. The number of aromatic nitrogens is 2. The van der Waals surface area contributed by atoms with Gasteiger partial charge in [0.25, 0.3) is 0 Å². The predicted octanol–water partition coefficient (Wildman–Crippen LogP) is 3.17. The second kappa shape index (κ2) is 6.14. The van der Waals surface area contributed by atoms with Crippen molar-refractivity contribution in [1.82, 2.24) is 9.97 Å². The minimum atomic E-state index is -0.147. The van der Waals surface area contributed by atoms with Crippen molar-refractivity contribution in [2.24, 2.45) is 0 Å². The molecule has 0 N–H and O–H groups in total. The Bertz CT molecular complexity index is 697. The zero-order chi connectivity index (χ0) is 15.6. The third-order valence-electron chi connectivity index (χ3n) is 4.82. The van der Waals surface area contributed by atoms with Crippen molar-refractivity contribution in [3.8, 4) is 0 Å². The van der Waals surface area contributed by atoms with E-state index in [9.17, 15) is 4.39 Å². The number of hydrogen-bond donors (Lipinski definition) is 0. The largest absolute Gasteiger partial charge is 0.356 e. The van der Waals surface area contributed by atoms with Gasteiger partial charge in [0.15, 0.2) is 0 Å². The van der Waals surface area contributed by atoms with Gasteiger partial charge in [0.1, 0.15) is 23.8 Å². The van der Waals surface area contributed by atoms with Gasteiger partial charge in [0.2, 0.25) is 0 Å². The molecular formula is C18H21FN4. The van der Waals surface area contributed by atoms with Crippen molar-refractivity contribution < 1.29 is 4.39 Å². The molecule has 23 heavy (non-hydrogen) atoms. The molecule has 1 aromatic carbocycles. The highest BCUT2D eigenvalue weighted by atomic mass is 19.1. The molecule has 4 rings (SSSR count). The Morgan fingerprint density at radius 1 is 0.826 bits per heavy atom. The Morgan fingerprint density at radius 2 is 1.61 bits per heavy atom. The lowest BCUT2D eigenvalue weighted by Gasteiger charge is -2.31.